The van der Waals surface area contributed by atoms with Crippen molar-refractivity contribution in [1.29, 1.82) is 10.5 Å². The van der Waals surface area contributed by atoms with Crippen LogP contribution in [0.15, 0.2) is 12.1 Å². The molecule has 0 aliphatic carbocycles. The fraction of sp³-hybridized carbons (Fsp3) is 0.100. The molecule has 1 aromatic heterocycles. The summed E-state index contributed by atoms with van der Waals surface area (Å²) in [4.78, 5) is 5.39. The molecule has 84 valence electrons. The summed E-state index contributed by atoms with van der Waals surface area (Å²) in [6.07, 6.45) is -4.58. The Bertz CT molecular complexity index is 624. The zero-order valence-corrected chi connectivity index (χ0v) is 9.13. The minimum absolute atomic E-state index is 0. The standard InChI is InChI=1S/C10H3F3N4.Li/c11-10(12,13)9-16-7-1-5(3-14)6(4-15)2-8(7)17-9;/h1-2H,(H,16,17);/q;+1. The van der Waals surface area contributed by atoms with Gasteiger partial charge in [-0.1, -0.05) is 0 Å². The van der Waals surface area contributed by atoms with Crippen LogP contribution in [0.25, 0.3) is 11.0 Å². The zero-order chi connectivity index (χ0) is 12.6. The molecule has 18 heavy (non-hydrogen) atoms. The van der Waals surface area contributed by atoms with E-state index >= 15 is 0 Å². The molecule has 0 amide bonds. The average molecular weight is 243 g/mol. The van der Waals surface area contributed by atoms with Crippen LogP contribution in [0, 0.1) is 22.7 Å². The van der Waals surface area contributed by atoms with Crippen molar-refractivity contribution >= 4 is 11.0 Å². The molecule has 0 radical (unpaired) electrons. The third-order valence-corrected chi connectivity index (χ3v) is 2.13. The summed E-state index contributed by atoms with van der Waals surface area (Å²) in [7, 11) is 0. The number of benzene rings is 1. The first kappa shape index (κ1) is 14.1. The van der Waals surface area contributed by atoms with Crippen molar-refractivity contribution in [3.05, 3.63) is 29.1 Å². The molecule has 0 aliphatic heterocycles. The van der Waals surface area contributed by atoms with E-state index in [9.17, 15) is 13.2 Å². The average Bonchev–Trinajstić information content (AvgIpc) is 2.69. The third-order valence-electron chi connectivity index (χ3n) is 2.13. The molecule has 0 bridgehead atoms. The Morgan fingerprint density at radius 2 is 1.67 bits per heavy atom. The first-order valence-electron chi connectivity index (χ1n) is 4.37. The van der Waals surface area contributed by atoms with Crippen molar-refractivity contribution in [3.63, 3.8) is 0 Å². The Morgan fingerprint density at radius 1 is 1.11 bits per heavy atom. The van der Waals surface area contributed by atoms with E-state index in [0.717, 1.165) is 6.07 Å². The molecule has 1 heterocycles. The predicted molar refractivity (Wildman–Crippen MR) is 50.5 cm³/mol. The summed E-state index contributed by atoms with van der Waals surface area (Å²) in [6, 6.07) is 5.79. The van der Waals surface area contributed by atoms with Crippen molar-refractivity contribution in [2.75, 3.05) is 0 Å². The number of nitrogens with one attached hydrogen (secondary N) is 1. The SMILES string of the molecule is N#Cc1cc2nc(C(F)(F)F)[nH]c2cc1C#N.[Li+]. The number of hydrogen-bond donors (Lipinski definition) is 1. The molecule has 1 aromatic carbocycles. The van der Waals surface area contributed by atoms with E-state index in [1.165, 1.54) is 6.07 Å². The van der Waals surface area contributed by atoms with Crippen LogP contribution in [0.5, 0.6) is 0 Å². The number of aromatic nitrogens is 2. The van der Waals surface area contributed by atoms with Crippen LogP contribution in [0.3, 0.4) is 0 Å². The number of hydrogen-bond acceptors (Lipinski definition) is 3. The van der Waals surface area contributed by atoms with E-state index in [1.54, 1.807) is 12.1 Å². The number of rotatable bonds is 0. The molecule has 1 N–H and O–H groups in total. The number of halogens is 3. The molecule has 0 unspecified atom stereocenters. The van der Waals surface area contributed by atoms with Crippen LogP contribution in [0.2, 0.25) is 0 Å². The molecule has 0 atom stereocenters. The second-order valence-corrected chi connectivity index (χ2v) is 3.22. The van der Waals surface area contributed by atoms with E-state index in [2.05, 4.69) is 9.97 Å². The van der Waals surface area contributed by atoms with Gasteiger partial charge in [-0.3, -0.25) is 0 Å². The van der Waals surface area contributed by atoms with Crippen LogP contribution < -0.4 is 18.9 Å². The summed E-state index contributed by atoms with van der Waals surface area (Å²) in [6.45, 7) is 0. The van der Waals surface area contributed by atoms with Gasteiger partial charge in [-0.2, -0.15) is 23.7 Å². The number of alkyl halides is 3. The van der Waals surface area contributed by atoms with Gasteiger partial charge in [-0.05, 0) is 12.1 Å². The molecule has 0 saturated heterocycles. The van der Waals surface area contributed by atoms with Gasteiger partial charge < -0.3 is 4.98 Å². The number of fused-ring (bicyclic) bond motifs is 1. The Hall–Kier alpha value is -1.94. The van der Waals surface area contributed by atoms with E-state index in [-0.39, 0.29) is 41.0 Å². The number of H-pyrrole nitrogens is 1. The normalized spacial score (nSPS) is 10.5. The van der Waals surface area contributed by atoms with Crippen LogP contribution in [0.1, 0.15) is 17.0 Å². The summed E-state index contributed by atoms with van der Waals surface area (Å²) in [5.41, 5.74) is 0.0957. The number of aromatic amines is 1. The fourth-order valence-corrected chi connectivity index (χ4v) is 1.38. The van der Waals surface area contributed by atoms with Crippen molar-refractivity contribution in [2.45, 2.75) is 6.18 Å². The first-order chi connectivity index (χ1) is 7.95. The monoisotopic (exact) mass is 243 g/mol. The number of nitrogens with zero attached hydrogens (tertiary/aromatic N) is 3. The van der Waals surface area contributed by atoms with Gasteiger partial charge in [0.1, 0.15) is 12.1 Å². The molecule has 2 rings (SSSR count). The van der Waals surface area contributed by atoms with Gasteiger partial charge in [-0.25, -0.2) is 4.98 Å². The minimum atomic E-state index is -4.58. The summed E-state index contributed by atoms with van der Waals surface area (Å²) in [5.74, 6) is -1.15. The Balaban J connectivity index is 0.00000162. The van der Waals surface area contributed by atoms with Gasteiger partial charge in [0.15, 0.2) is 0 Å². The maximum Gasteiger partial charge on any atom is 1.00 e. The maximum absolute atomic E-state index is 12.4. The van der Waals surface area contributed by atoms with Crippen LogP contribution in [-0.2, 0) is 6.18 Å². The Labute approximate surface area is 111 Å². The van der Waals surface area contributed by atoms with Crippen LogP contribution in [-0.4, -0.2) is 9.97 Å². The van der Waals surface area contributed by atoms with Crippen molar-refractivity contribution in [3.8, 4) is 12.1 Å². The van der Waals surface area contributed by atoms with Gasteiger partial charge in [0.05, 0.1) is 22.2 Å². The fourth-order valence-electron chi connectivity index (χ4n) is 1.38. The van der Waals surface area contributed by atoms with Crippen molar-refractivity contribution in [2.24, 2.45) is 0 Å². The molecule has 8 heteroatoms. The largest absolute Gasteiger partial charge is 1.00 e. The molecule has 2 aromatic rings. The van der Waals surface area contributed by atoms with Gasteiger partial charge in [-0.15, -0.1) is 0 Å². The van der Waals surface area contributed by atoms with Crippen molar-refractivity contribution in [1.82, 2.24) is 9.97 Å². The number of imidazole rings is 1. The Morgan fingerprint density at radius 3 is 2.17 bits per heavy atom. The molecule has 0 fully saturated rings. The molecule has 0 saturated carbocycles. The van der Waals surface area contributed by atoms with Crippen molar-refractivity contribution < 1.29 is 32.0 Å². The van der Waals surface area contributed by atoms with E-state index in [4.69, 9.17) is 10.5 Å². The zero-order valence-electron chi connectivity index (χ0n) is 9.13. The molecule has 0 spiro atoms. The molecular weight excluding hydrogens is 240 g/mol. The number of nitriles is 2. The van der Waals surface area contributed by atoms with E-state index in [0.29, 0.717) is 0 Å². The van der Waals surface area contributed by atoms with Gasteiger partial charge in [0.2, 0.25) is 5.82 Å². The molecule has 4 nitrogen and oxygen atoms in total. The Kier molecular flexibility index (Phi) is 3.72. The molecule has 0 aliphatic rings. The third kappa shape index (κ3) is 2.33. The topological polar surface area (TPSA) is 76.3 Å². The van der Waals surface area contributed by atoms with E-state index in [1.807, 2.05) is 0 Å². The minimum Gasteiger partial charge on any atom is -0.334 e. The predicted octanol–water partition coefficient (Wildman–Crippen LogP) is -0.671. The van der Waals surface area contributed by atoms with Crippen LogP contribution >= 0.6 is 0 Å². The summed E-state index contributed by atoms with van der Waals surface area (Å²) >= 11 is 0. The first-order valence-corrected chi connectivity index (χ1v) is 4.37. The quantitative estimate of drug-likeness (QED) is 0.623. The summed E-state index contributed by atoms with van der Waals surface area (Å²) in [5, 5.41) is 17.4. The van der Waals surface area contributed by atoms with Gasteiger partial charge in [0, 0.05) is 0 Å². The smallest absolute Gasteiger partial charge is 0.334 e. The van der Waals surface area contributed by atoms with Crippen LogP contribution in [0.4, 0.5) is 13.2 Å². The second kappa shape index (κ2) is 4.74. The van der Waals surface area contributed by atoms with E-state index < -0.39 is 12.0 Å². The van der Waals surface area contributed by atoms with Gasteiger partial charge in [0.25, 0.3) is 0 Å². The van der Waals surface area contributed by atoms with Gasteiger partial charge >= 0.3 is 25.0 Å². The maximum atomic E-state index is 12.4. The summed E-state index contributed by atoms with van der Waals surface area (Å²) < 4.78 is 37.1. The second-order valence-electron chi connectivity index (χ2n) is 3.22. The molecular formula is C10H3F3LiN4+.